The summed E-state index contributed by atoms with van der Waals surface area (Å²) in [5.74, 6) is 0. The molecule has 0 spiro atoms. The minimum Gasteiger partial charge on any atom is -0.395 e. The third kappa shape index (κ3) is 5.10. The zero-order valence-corrected chi connectivity index (χ0v) is 15.0. The summed E-state index contributed by atoms with van der Waals surface area (Å²) in [6.07, 6.45) is 0. The molecule has 2 rings (SSSR count). The van der Waals surface area contributed by atoms with Crippen LogP contribution in [-0.2, 0) is 6.61 Å². The molecule has 0 aliphatic heterocycles. The van der Waals surface area contributed by atoms with Crippen molar-refractivity contribution in [3.63, 3.8) is 0 Å². The van der Waals surface area contributed by atoms with Crippen molar-refractivity contribution in [3.05, 3.63) is 51.5 Å². The maximum absolute atomic E-state index is 12.2. The number of aliphatic hydroxyl groups is 2. The Hall–Kier alpha value is -1.80. The van der Waals surface area contributed by atoms with Crippen molar-refractivity contribution in [1.29, 1.82) is 0 Å². The normalized spacial score (nSPS) is 10.3. The van der Waals surface area contributed by atoms with E-state index in [0.29, 0.717) is 38.7 Å². The van der Waals surface area contributed by atoms with Crippen molar-refractivity contribution in [2.75, 3.05) is 29.1 Å². The molecule has 0 bridgehead atoms. The van der Waals surface area contributed by atoms with E-state index in [1.165, 1.54) is 0 Å². The third-order valence-corrected chi connectivity index (χ3v) is 4.08. The molecule has 128 valence electrons. The number of hydrogen-bond acceptors (Lipinski definition) is 4. The first-order valence-corrected chi connectivity index (χ1v) is 8.32. The van der Waals surface area contributed by atoms with Crippen molar-refractivity contribution in [3.8, 4) is 0 Å². The monoisotopic (exact) mass is 413 g/mol. The molecule has 0 heterocycles. The molecule has 2 aromatic rings. The fourth-order valence-electron chi connectivity index (χ4n) is 2.09. The van der Waals surface area contributed by atoms with Crippen LogP contribution in [0.3, 0.4) is 0 Å². The average Bonchev–Trinajstić information content (AvgIpc) is 2.52. The Morgan fingerprint density at radius 2 is 1.88 bits per heavy atom. The van der Waals surface area contributed by atoms with Gasteiger partial charge in [-0.2, -0.15) is 0 Å². The van der Waals surface area contributed by atoms with E-state index in [9.17, 15) is 9.90 Å². The van der Waals surface area contributed by atoms with Gasteiger partial charge < -0.3 is 26.2 Å². The predicted octanol–water partition coefficient (Wildman–Crippen LogP) is 3.64. The molecule has 0 aliphatic carbocycles. The maximum Gasteiger partial charge on any atom is 0.323 e. The highest BCUT2D eigenvalue weighted by molar-refractivity contribution is 9.10. The number of hydrogen-bond donors (Lipinski definition) is 5. The van der Waals surface area contributed by atoms with Crippen molar-refractivity contribution in [1.82, 2.24) is 0 Å². The summed E-state index contributed by atoms with van der Waals surface area (Å²) >= 11 is 9.36. The van der Waals surface area contributed by atoms with Gasteiger partial charge in [0.1, 0.15) is 0 Å². The molecule has 0 aliphatic rings. The third-order valence-electron chi connectivity index (χ3n) is 3.12. The molecule has 0 saturated heterocycles. The number of halogens is 2. The maximum atomic E-state index is 12.2. The van der Waals surface area contributed by atoms with Crippen LogP contribution in [0.1, 0.15) is 5.56 Å². The number of nitrogens with one attached hydrogen (secondary N) is 3. The Balaban J connectivity index is 2.10. The van der Waals surface area contributed by atoms with Gasteiger partial charge >= 0.3 is 6.03 Å². The second-order valence-corrected chi connectivity index (χ2v) is 6.17. The topological polar surface area (TPSA) is 93.6 Å². The first-order chi connectivity index (χ1) is 11.5. The Kier molecular flexibility index (Phi) is 6.86. The first-order valence-electron chi connectivity index (χ1n) is 7.15. The van der Waals surface area contributed by atoms with Crippen LogP contribution in [0, 0.1) is 0 Å². The van der Waals surface area contributed by atoms with Crippen LogP contribution in [0.2, 0.25) is 5.02 Å². The number of carbonyl (C=O) groups excluding carboxylic acids is 1. The SMILES string of the molecule is O=C(Nc1cc(Cl)cc(NCCO)c1)Nc1cccc(Br)c1CO. The predicted molar refractivity (Wildman–Crippen MR) is 99.7 cm³/mol. The molecule has 2 aromatic carbocycles. The number of urea groups is 1. The summed E-state index contributed by atoms with van der Waals surface area (Å²) in [5, 5.41) is 27.1. The molecule has 0 atom stereocenters. The van der Waals surface area contributed by atoms with Gasteiger partial charge in [-0.15, -0.1) is 0 Å². The van der Waals surface area contributed by atoms with E-state index in [4.69, 9.17) is 16.7 Å². The molecule has 0 radical (unpaired) electrons. The second kappa shape index (κ2) is 8.89. The van der Waals surface area contributed by atoms with Gasteiger partial charge in [-0.1, -0.05) is 33.6 Å². The van der Waals surface area contributed by atoms with E-state index < -0.39 is 6.03 Å². The summed E-state index contributed by atoms with van der Waals surface area (Å²) in [6.45, 7) is 0.163. The molecule has 0 fully saturated rings. The lowest BCUT2D eigenvalue weighted by Crippen LogP contribution is -2.20. The average molecular weight is 415 g/mol. The van der Waals surface area contributed by atoms with Gasteiger partial charge in [0.25, 0.3) is 0 Å². The summed E-state index contributed by atoms with van der Waals surface area (Å²) in [6, 6.07) is 9.78. The minimum absolute atomic E-state index is 0.0113. The summed E-state index contributed by atoms with van der Waals surface area (Å²) in [7, 11) is 0. The minimum atomic E-state index is -0.460. The zero-order chi connectivity index (χ0) is 17.5. The van der Waals surface area contributed by atoms with Crippen LogP contribution >= 0.6 is 27.5 Å². The van der Waals surface area contributed by atoms with Gasteiger partial charge in [0.15, 0.2) is 0 Å². The number of aliphatic hydroxyl groups excluding tert-OH is 2. The van der Waals surface area contributed by atoms with Crippen LogP contribution in [0.15, 0.2) is 40.9 Å². The molecule has 24 heavy (non-hydrogen) atoms. The first kappa shape index (κ1) is 18.5. The largest absolute Gasteiger partial charge is 0.395 e. The van der Waals surface area contributed by atoms with Crippen LogP contribution in [0.5, 0.6) is 0 Å². The van der Waals surface area contributed by atoms with Gasteiger partial charge in [0, 0.05) is 38.7 Å². The fraction of sp³-hybridized carbons (Fsp3) is 0.188. The highest BCUT2D eigenvalue weighted by Gasteiger charge is 2.10. The second-order valence-electron chi connectivity index (χ2n) is 4.88. The van der Waals surface area contributed by atoms with E-state index >= 15 is 0 Å². The number of amides is 2. The van der Waals surface area contributed by atoms with Gasteiger partial charge in [0.05, 0.1) is 13.2 Å². The van der Waals surface area contributed by atoms with E-state index in [0.717, 1.165) is 0 Å². The molecular weight excluding hydrogens is 398 g/mol. The highest BCUT2D eigenvalue weighted by Crippen LogP contribution is 2.26. The van der Waals surface area contributed by atoms with Gasteiger partial charge in [-0.05, 0) is 30.3 Å². The smallest absolute Gasteiger partial charge is 0.323 e. The number of rotatable bonds is 6. The Bertz CT molecular complexity index is 728. The van der Waals surface area contributed by atoms with Gasteiger partial charge in [0.2, 0.25) is 0 Å². The van der Waals surface area contributed by atoms with Gasteiger partial charge in [-0.3, -0.25) is 0 Å². The molecule has 0 aromatic heterocycles. The van der Waals surface area contributed by atoms with E-state index in [1.54, 1.807) is 36.4 Å². The Morgan fingerprint density at radius 1 is 1.12 bits per heavy atom. The van der Waals surface area contributed by atoms with Crippen LogP contribution in [-0.4, -0.2) is 29.4 Å². The summed E-state index contributed by atoms with van der Waals surface area (Å²) in [4.78, 5) is 12.2. The molecule has 8 heteroatoms. The van der Waals surface area contributed by atoms with Crippen LogP contribution in [0.4, 0.5) is 21.9 Å². The lowest BCUT2D eigenvalue weighted by Gasteiger charge is -2.13. The van der Waals surface area contributed by atoms with Crippen molar-refractivity contribution < 1.29 is 15.0 Å². The number of benzene rings is 2. The molecule has 6 nitrogen and oxygen atoms in total. The van der Waals surface area contributed by atoms with Crippen molar-refractivity contribution in [2.24, 2.45) is 0 Å². The molecule has 0 saturated carbocycles. The summed E-state index contributed by atoms with van der Waals surface area (Å²) < 4.78 is 0.709. The summed E-state index contributed by atoms with van der Waals surface area (Å²) in [5.41, 5.74) is 2.28. The lowest BCUT2D eigenvalue weighted by molar-refractivity contribution is 0.262. The zero-order valence-electron chi connectivity index (χ0n) is 12.6. The van der Waals surface area contributed by atoms with E-state index in [2.05, 4.69) is 31.9 Å². The number of anilines is 3. The Morgan fingerprint density at radius 3 is 2.58 bits per heavy atom. The van der Waals surface area contributed by atoms with E-state index in [1.807, 2.05) is 0 Å². The van der Waals surface area contributed by atoms with Gasteiger partial charge in [-0.25, -0.2) is 4.79 Å². The fourth-order valence-corrected chi connectivity index (χ4v) is 2.81. The molecule has 5 N–H and O–H groups in total. The number of carbonyl (C=O) groups is 1. The quantitative estimate of drug-likeness (QED) is 0.499. The van der Waals surface area contributed by atoms with E-state index in [-0.39, 0.29) is 13.2 Å². The lowest BCUT2D eigenvalue weighted by atomic mass is 10.2. The van der Waals surface area contributed by atoms with Crippen LogP contribution < -0.4 is 16.0 Å². The molecule has 2 amide bonds. The van der Waals surface area contributed by atoms with Crippen LogP contribution in [0.25, 0.3) is 0 Å². The van der Waals surface area contributed by atoms with Crippen molar-refractivity contribution >= 4 is 50.6 Å². The Labute approximate surface area is 153 Å². The standard InChI is InChI=1S/C16H17BrClN3O3/c17-14-2-1-3-15(13(14)9-23)21-16(24)20-12-7-10(18)6-11(8-12)19-4-5-22/h1-3,6-8,19,22-23H,4-5,9H2,(H2,20,21,24). The van der Waals surface area contributed by atoms with Crippen molar-refractivity contribution in [2.45, 2.75) is 6.61 Å². The molecular formula is C16H17BrClN3O3. The molecule has 0 unspecified atom stereocenters. The highest BCUT2D eigenvalue weighted by atomic mass is 79.9.